The van der Waals surface area contributed by atoms with E-state index >= 15 is 0 Å². The van der Waals surface area contributed by atoms with Gasteiger partial charge in [-0.05, 0) is 40.5 Å². The molecule has 5 heteroatoms. The Balaban J connectivity index is 2.68. The Kier molecular flexibility index (Phi) is 4.02. The topological polar surface area (TPSA) is 47.3 Å². The average Bonchev–Trinajstić information content (AvgIpc) is 2.29. The van der Waals surface area contributed by atoms with Crippen molar-refractivity contribution in [1.82, 2.24) is 0 Å². The standard InChI is InChI=1S/C13H10Br2O3/c1-2-3-11(16)9-5-7-4-8(14)6-10(15)12(7)18-13(9)17/h4-6H,2-3H2,1H3. The van der Waals surface area contributed by atoms with Gasteiger partial charge in [-0.2, -0.15) is 0 Å². The van der Waals surface area contributed by atoms with Crippen LogP contribution >= 0.6 is 31.9 Å². The van der Waals surface area contributed by atoms with E-state index in [1.165, 1.54) is 0 Å². The molecular weight excluding hydrogens is 364 g/mol. The molecule has 18 heavy (non-hydrogen) atoms. The zero-order valence-electron chi connectivity index (χ0n) is 9.63. The van der Waals surface area contributed by atoms with Gasteiger partial charge < -0.3 is 4.42 Å². The molecule has 94 valence electrons. The molecule has 2 aromatic rings. The molecule has 1 heterocycles. The predicted octanol–water partition coefficient (Wildman–Crippen LogP) is 4.30. The summed E-state index contributed by atoms with van der Waals surface area (Å²) in [5.74, 6) is -0.177. The van der Waals surface area contributed by atoms with Crippen molar-refractivity contribution >= 4 is 48.6 Å². The van der Waals surface area contributed by atoms with Gasteiger partial charge in [0.25, 0.3) is 0 Å². The Hall–Kier alpha value is -0.940. The summed E-state index contributed by atoms with van der Waals surface area (Å²) in [5, 5.41) is 0.718. The SMILES string of the molecule is CCCC(=O)c1cc2cc(Br)cc(Br)c2oc1=O. The van der Waals surface area contributed by atoms with E-state index in [4.69, 9.17) is 4.42 Å². The van der Waals surface area contributed by atoms with Crippen molar-refractivity contribution in [1.29, 1.82) is 0 Å². The van der Waals surface area contributed by atoms with Crippen molar-refractivity contribution in [2.24, 2.45) is 0 Å². The lowest BCUT2D eigenvalue weighted by molar-refractivity contribution is 0.0978. The molecule has 1 aromatic carbocycles. The van der Waals surface area contributed by atoms with Gasteiger partial charge in [0.1, 0.15) is 5.56 Å². The molecule has 2 rings (SSSR count). The van der Waals surface area contributed by atoms with E-state index < -0.39 is 5.63 Å². The summed E-state index contributed by atoms with van der Waals surface area (Å²) in [7, 11) is 0. The maximum Gasteiger partial charge on any atom is 0.347 e. The summed E-state index contributed by atoms with van der Waals surface area (Å²) in [6.07, 6.45) is 1.06. The van der Waals surface area contributed by atoms with Crippen LogP contribution < -0.4 is 5.63 Å². The fraction of sp³-hybridized carbons (Fsp3) is 0.231. The van der Waals surface area contributed by atoms with Crippen LogP contribution in [0.5, 0.6) is 0 Å². The fourth-order valence-corrected chi connectivity index (χ4v) is 3.05. The number of carbonyl (C=O) groups is 1. The average molecular weight is 374 g/mol. The van der Waals surface area contributed by atoms with Crippen molar-refractivity contribution < 1.29 is 9.21 Å². The Morgan fingerprint density at radius 1 is 1.28 bits per heavy atom. The van der Waals surface area contributed by atoms with Gasteiger partial charge in [-0.25, -0.2) is 4.79 Å². The molecular formula is C13H10Br2O3. The zero-order valence-corrected chi connectivity index (χ0v) is 12.8. The molecule has 0 aliphatic heterocycles. The highest BCUT2D eigenvalue weighted by Crippen LogP contribution is 2.28. The monoisotopic (exact) mass is 372 g/mol. The summed E-state index contributed by atoms with van der Waals surface area (Å²) in [6.45, 7) is 1.90. The quantitative estimate of drug-likeness (QED) is 0.595. The van der Waals surface area contributed by atoms with Gasteiger partial charge in [-0.15, -0.1) is 0 Å². The number of rotatable bonds is 3. The van der Waals surface area contributed by atoms with Crippen LogP contribution in [-0.4, -0.2) is 5.78 Å². The first kappa shape index (κ1) is 13.5. The molecule has 0 saturated heterocycles. The number of Topliss-reactive ketones (excluding diaryl/α,β-unsaturated/α-hetero) is 1. The van der Waals surface area contributed by atoms with Gasteiger partial charge in [0.2, 0.25) is 0 Å². The molecule has 0 aliphatic carbocycles. The first-order chi connectivity index (χ1) is 8.52. The Morgan fingerprint density at radius 2 is 2.00 bits per heavy atom. The second-order valence-electron chi connectivity index (χ2n) is 3.93. The van der Waals surface area contributed by atoms with Crippen LogP contribution in [0.2, 0.25) is 0 Å². The van der Waals surface area contributed by atoms with E-state index in [1.807, 2.05) is 13.0 Å². The van der Waals surface area contributed by atoms with Crippen LogP contribution in [-0.2, 0) is 0 Å². The molecule has 0 bridgehead atoms. The number of hydrogen-bond acceptors (Lipinski definition) is 3. The number of hydrogen-bond donors (Lipinski definition) is 0. The molecule has 3 nitrogen and oxygen atoms in total. The summed E-state index contributed by atoms with van der Waals surface area (Å²) >= 11 is 6.69. The minimum atomic E-state index is -0.580. The summed E-state index contributed by atoms with van der Waals surface area (Å²) in [6, 6.07) is 5.19. The van der Waals surface area contributed by atoms with E-state index in [0.717, 1.165) is 9.86 Å². The molecule has 0 atom stereocenters. The first-order valence-electron chi connectivity index (χ1n) is 5.49. The normalized spacial score (nSPS) is 10.8. The van der Waals surface area contributed by atoms with Crippen molar-refractivity contribution in [3.63, 3.8) is 0 Å². The lowest BCUT2D eigenvalue weighted by Gasteiger charge is -2.03. The molecule has 0 aliphatic rings. The lowest BCUT2D eigenvalue weighted by atomic mass is 10.1. The summed E-state index contributed by atoms with van der Waals surface area (Å²) in [5.41, 5.74) is -0.00503. The summed E-state index contributed by atoms with van der Waals surface area (Å²) in [4.78, 5) is 23.6. The van der Waals surface area contributed by atoms with Gasteiger partial charge in [-0.1, -0.05) is 22.9 Å². The fourth-order valence-electron chi connectivity index (χ4n) is 1.71. The van der Waals surface area contributed by atoms with Crippen molar-refractivity contribution in [2.45, 2.75) is 19.8 Å². The maximum absolute atomic E-state index is 11.8. The van der Waals surface area contributed by atoms with Crippen LogP contribution in [0, 0.1) is 0 Å². The molecule has 0 unspecified atom stereocenters. The Bertz CT molecular complexity index is 674. The van der Waals surface area contributed by atoms with Crippen molar-refractivity contribution in [3.8, 4) is 0 Å². The molecule has 0 radical (unpaired) electrons. The Morgan fingerprint density at radius 3 is 2.67 bits per heavy atom. The van der Waals surface area contributed by atoms with Gasteiger partial charge in [0.15, 0.2) is 11.4 Å². The van der Waals surface area contributed by atoms with Crippen LogP contribution in [0.3, 0.4) is 0 Å². The largest absolute Gasteiger partial charge is 0.421 e. The van der Waals surface area contributed by atoms with E-state index in [0.29, 0.717) is 22.9 Å². The summed E-state index contributed by atoms with van der Waals surface area (Å²) < 4.78 is 6.73. The highest BCUT2D eigenvalue weighted by Gasteiger charge is 2.14. The third kappa shape index (κ3) is 2.57. The van der Waals surface area contributed by atoms with Crippen molar-refractivity contribution in [3.05, 3.63) is 43.1 Å². The number of carbonyl (C=O) groups excluding carboxylic acids is 1. The van der Waals surface area contributed by atoms with Gasteiger partial charge >= 0.3 is 5.63 Å². The number of ketones is 1. The van der Waals surface area contributed by atoms with Crippen LogP contribution in [0.1, 0.15) is 30.1 Å². The number of benzene rings is 1. The van der Waals surface area contributed by atoms with E-state index in [-0.39, 0.29) is 11.3 Å². The maximum atomic E-state index is 11.8. The van der Waals surface area contributed by atoms with E-state index in [2.05, 4.69) is 31.9 Å². The molecule has 0 fully saturated rings. The van der Waals surface area contributed by atoms with Crippen LogP contribution in [0.4, 0.5) is 0 Å². The minimum Gasteiger partial charge on any atom is -0.421 e. The third-order valence-corrected chi connectivity index (χ3v) is 3.58. The zero-order chi connectivity index (χ0) is 13.3. The highest BCUT2D eigenvalue weighted by atomic mass is 79.9. The second-order valence-corrected chi connectivity index (χ2v) is 5.70. The second kappa shape index (κ2) is 5.36. The first-order valence-corrected chi connectivity index (χ1v) is 7.07. The smallest absolute Gasteiger partial charge is 0.347 e. The molecule has 0 N–H and O–H groups in total. The molecule has 1 aromatic heterocycles. The minimum absolute atomic E-state index is 0.120. The number of halogens is 2. The molecule has 0 amide bonds. The molecule has 0 saturated carbocycles. The highest BCUT2D eigenvalue weighted by molar-refractivity contribution is 9.11. The van der Waals surface area contributed by atoms with Crippen molar-refractivity contribution in [2.75, 3.05) is 0 Å². The van der Waals surface area contributed by atoms with Gasteiger partial charge in [0.05, 0.1) is 4.47 Å². The number of fused-ring (bicyclic) bond motifs is 1. The van der Waals surface area contributed by atoms with Gasteiger partial charge in [-0.3, -0.25) is 4.79 Å². The third-order valence-electron chi connectivity index (χ3n) is 2.53. The molecule has 0 spiro atoms. The Labute approximate surface area is 120 Å². The lowest BCUT2D eigenvalue weighted by Crippen LogP contribution is -2.13. The van der Waals surface area contributed by atoms with Gasteiger partial charge in [0, 0.05) is 16.3 Å². The van der Waals surface area contributed by atoms with E-state index in [9.17, 15) is 9.59 Å². The van der Waals surface area contributed by atoms with Crippen LogP contribution in [0.25, 0.3) is 11.0 Å². The van der Waals surface area contributed by atoms with E-state index in [1.54, 1.807) is 12.1 Å². The van der Waals surface area contributed by atoms with Crippen LogP contribution in [0.15, 0.2) is 36.4 Å². The predicted molar refractivity (Wildman–Crippen MR) is 77.1 cm³/mol.